The van der Waals surface area contributed by atoms with Gasteiger partial charge in [-0.3, -0.25) is 9.59 Å². The van der Waals surface area contributed by atoms with Gasteiger partial charge in [0.25, 0.3) is 0 Å². The molecule has 3 aromatic rings. The SMILES string of the molecule is COc1ccc(C)cc1NC(=O)CNC(=O)CSc1nc2ccccc2n1CC(C)C. The van der Waals surface area contributed by atoms with Crippen molar-refractivity contribution in [1.29, 1.82) is 0 Å². The molecule has 1 heterocycles. The highest BCUT2D eigenvalue weighted by Gasteiger charge is 2.15. The van der Waals surface area contributed by atoms with Crippen LogP contribution in [-0.2, 0) is 16.1 Å². The standard InChI is InChI=1S/C23H28N4O3S/c1-15(2)13-27-19-8-6-5-7-17(19)26-23(27)31-14-22(29)24-12-21(28)25-18-11-16(3)9-10-20(18)30-4/h5-11,15H,12-14H2,1-4H3,(H,24,29)(H,25,28). The van der Waals surface area contributed by atoms with Gasteiger partial charge in [0.1, 0.15) is 5.75 Å². The molecule has 0 fully saturated rings. The fourth-order valence-electron chi connectivity index (χ4n) is 3.18. The van der Waals surface area contributed by atoms with E-state index in [1.165, 1.54) is 11.8 Å². The molecule has 164 valence electrons. The molecule has 0 aliphatic heterocycles. The summed E-state index contributed by atoms with van der Waals surface area (Å²) >= 11 is 1.37. The smallest absolute Gasteiger partial charge is 0.243 e. The maximum atomic E-state index is 12.3. The Bertz CT molecular complexity index is 1080. The summed E-state index contributed by atoms with van der Waals surface area (Å²) in [5, 5.41) is 6.25. The Morgan fingerprint density at radius 2 is 1.94 bits per heavy atom. The first kappa shape index (κ1) is 22.7. The molecule has 2 N–H and O–H groups in total. The molecule has 7 nitrogen and oxygen atoms in total. The number of rotatable bonds is 9. The minimum Gasteiger partial charge on any atom is -0.495 e. The van der Waals surface area contributed by atoms with Crippen molar-refractivity contribution < 1.29 is 14.3 Å². The number of ether oxygens (including phenoxy) is 1. The lowest BCUT2D eigenvalue weighted by atomic mass is 10.2. The number of nitrogens with one attached hydrogen (secondary N) is 2. The van der Waals surface area contributed by atoms with E-state index in [0.29, 0.717) is 17.4 Å². The third kappa shape index (κ3) is 6.01. The highest BCUT2D eigenvalue weighted by Crippen LogP contribution is 2.26. The molecule has 0 aliphatic rings. The maximum absolute atomic E-state index is 12.3. The zero-order valence-corrected chi connectivity index (χ0v) is 19.1. The lowest BCUT2D eigenvalue weighted by Gasteiger charge is -2.12. The van der Waals surface area contributed by atoms with E-state index >= 15 is 0 Å². The zero-order chi connectivity index (χ0) is 22.4. The highest BCUT2D eigenvalue weighted by molar-refractivity contribution is 7.99. The lowest BCUT2D eigenvalue weighted by Crippen LogP contribution is -2.34. The molecule has 0 aliphatic carbocycles. The number of thioether (sulfide) groups is 1. The lowest BCUT2D eigenvalue weighted by molar-refractivity contribution is -0.122. The quantitative estimate of drug-likeness (QED) is 0.494. The van der Waals surface area contributed by atoms with Crippen LogP contribution in [0.1, 0.15) is 19.4 Å². The Morgan fingerprint density at radius 3 is 2.68 bits per heavy atom. The molecule has 0 bridgehead atoms. The molecule has 3 rings (SSSR count). The first-order valence-corrected chi connectivity index (χ1v) is 11.1. The highest BCUT2D eigenvalue weighted by atomic mass is 32.2. The number of aryl methyl sites for hydroxylation is 1. The van der Waals surface area contributed by atoms with Gasteiger partial charge in [-0.05, 0) is 42.7 Å². The van der Waals surface area contributed by atoms with Crippen LogP contribution in [0.4, 0.5) is 5.69 Å². The van der Waals surface area contributed by atoms with Crippen LogP contribution >= 0.6 is 11.8 Å². The number of benzene rings is 2. The fourth-order valence-corrected chi connectivity index (χ4v) is 4.03. The van der Waals surface area contributed by atoms with Crippen LogP contribution in [0.15, 0.2) is 47.6 Å². The molecule has 2 amide bonds. The van der Waals surface area contributed by atoms with Crippen molar-refractivity contribution in [3.63, 3.8) is 0 Å². The van der Waals surface area contributed by atoms with Crippen LogP contribution in [0, 0.1) is 12.8 Å². The number of amides is 2. The van der Waals surface area contributed by atoms with Crippen LogP contribution in [0.2, 0.25) is 0 Å². The second-order valence-electron chi connectivity index (χ2n) is 7.70. The number of imidazole rings is 1. The predicted octanol–water partition coefficient (Wildman–Crippen LogP) is 3.86. The van der Waals surface area contributed by atoms with Crippen LogP contribution in [0.5, 0.6) is 5.75 Å². The van der Waals surface area contributed by atoms with Crippen LogP contribution < -0.4 is 15.4 Å². The average Bonchev–Trinajstić information content (AvgIpc) is 3.08. The van der Waals surface area contributed by atoms with Crippen molar-refractivity contribution in [1.82, 2.24) is 14.9 Å². The third-order valence-electron chi connectivity index (χ3n) is 4.57. The van der Waals surface area contributed by atoms with Gasteiger partial charge < -0.3 is 19.9 Å². The number of anilines is 1. The van der Waals surface area contributed by atoms with Crippen molar-refractivity contribution in [2.24, 2.45) is 5.92 Å². The van der Waals surface area contributed by atoms with Crippen molar-refractivity contribution in [3.8, 4) is 5.75 Å². The van der Waals surface area contributed by atoms with Crippen LogP contribution in [0.3, 0.4) is 0 Å². The van der Waals surface area contributed by atoms with Gasteiger partial charge in [-0.15, -0.1) is 0 Å². The van der Waals surface area contributed by atoms with E-state index in [0.717, 1.165) is 28.3 Å². The number of hydrogen-bond donors (Lipinski definition) is 2. The van der Waals surface area contributed by atoms with E-state index < -0.39 is 0 Å². The second-order valence-corrected chi connectivity index (χ2v) is 8.65. The number of carbonyl (C=O) groups excluding carboxylic acids is 2. The van der Waals surface area contributed by atoms with E-state index in [1.807, 2.05) is 43.3 Å². The maximum Gasteiger partial charge on any atom is 0.243 e. The topological polar surface area (TPSA) is 85.2 Å². The summed E-state index contributed by atoms with van der Waals surface area (Å²) < 4.78 is 7.41. The number of para-hydroxylation sites is 2. The summed E-state index contributed by atoms with van der Waals surface area (Å²) in [6.07, 6.45) is 0. The zero-order valence-electron chi connectivity index (χ0n) is 18.3. The Kier molecular flexibility index (Phi) is 7.57. The van der Waals surface area contributed by atoms with Gasteiger partial charge in [-0.1, -0.05) is 43.8 Å². The first-order valence-electron chi connectivity index (χ1n) is 10.2. The molecule has 1 aromatic heterocycles. The number of fused-ring (bicyclic) bond motifs is 1. The van der Waals surface area contributed by atoms with E-state index in [-0.39, 0.29) is 24.1 Å². The molecular weight excluding hydrogens is 412 g/mol. The van der Waals surface area contributed by atoms with E-state index in [4.69, 9.17) is 4.74 Å². The Morgan fingerprint density at radius 1 is 1.16 bits per heavy atom. The third-order valence-corrected chi connectivity index (χ3v) is 5.55. The van der Waals surface area contributed by atoms with E-state index in [9.17, 15) is 9.59 Å². The van der Waals surface area contributed by atoms with Crippen molar-refractivity contribution >= 4 is 40.3 Å². The van der Waals surface area contributed by atoms with Gasteiger partial charge in [0.2, 0.25) is 11.8 Å². The minimum absolute atomic E-state index is 0.112. The van der Waals surface area contributed by atoms with Crippen LogP contribution in [-0.4, -0.2) is 40.8 Å². The number of carbonyl (C=O) groups is 2. The average molecular weight is 441 g/mol. The van der Waals surface area contributed by atoms with E-state index in [2.05, 4.69) is 34.0 Å². The summed E-state index contributed by atoms with van der Waals surface area (Å²) in [5.41, 5.74) is 3.56. The van der Waals surface area contributed by atoms with Gasteiger partial charge in [-0.25, -0.2) is 4.98 Å². The Hall–Kier alpha value is -3.00. The fraction of sp³-hybridized carbons (Fsp3) is 0.348. The van der Waals surface area contributed by atoms with Crippen molar-refractivity contribution in [2.75, 3.05) is 24.7 Å². The first-order chi connectivity index (χ1) is 14.9. The van der Waals surface area contributed by atoms with Crippen molar-refractivity contribution in [3.05, 3.63) is 48.0 Å². The van der Waals surface area contributed by atoms with E-state index in [1.54, 1.807) is 13.2 Å². The summed E-state index contributed by atoms with van der Waals surface area (Å²) in [7, 11) is 1.55. The number of methoxy groups -OCH3 is 1. The summed E-state index contributed by atoms with van der Waals surface area (Å²) in [6, 6.07) is 13.5. The van der Waals surface area contributed by atoms with Gasteiger partial charge in [0.15, 0.2) is 5.16 Å². The number of nitrogens with zero attached hydrogens (tertiary/aromatic N) is 2. The monoisotopic (exact) mass is 440 g/mol. The van der Waals surface area contributed by atoms with Crippen LogP contribution in [0.25, 0.3) is 11.0 Å². The Balaban J connectivity index is 1.56. The Labute approximate surface area is 186 Å². The number of hydrogen-bond acceptors (Lipinski definition) is 5. The molecule has 0 unspecified atom stereocenters. The van der Waals surface area contributed by atoms with Gasteiger partial charge in [0.05, 0.1) is 36.1 Å². The van der Waals surface area contributed by atoms with Gasteiger partial charge in [0, 0.05) is 6.54 Å². The molecular formula is C23H28N4O3S. The molecule has 31 heavy (non-hydrogen) atoms. The number of aromatic nitrogens is 2. The molecule has 0 saturated carbocycles. The van der Waals surface area contributed by atoms with Gasteiger partial charge >= 0.3 is 0 Å². The molecule has 8 heteroatoms. The summed E-state index contributed by atoms with van der Waals surface area (Å²) in [6.45, 7) is 6.94. The molecule has 0 radical (unpaired) electrons. The van der Waals surface area contributed by atoms with Crippen molar-refractivity contribution in [2.45, 2.75) is 32.5 Å². The molecule has 2 aromatic carbocycles. The normalized spacial score (nSPS) is 11.0. The molecule has 0 spiro atoms. The molecule has 0 atom stereocenters. The largest absolute Gasteiger partial charge is 0.495 e. The predicted molar refractivity (Wildman–Crippen MR) is 125 cm³/mol. The summed E-state index contributed by atoms with van der Waals surface area (Å²) in [4.78, 5) is 29.3. The van der Waals surface area contributed by atoms with Gasteiger partial charge in [-0.2, -0.15) is 0 Å². The molecule has 0 saturated heterocycles. The summed E-state index contributed by atoms with van der Waals surface area (Å²) in [5.74, 6) is 0.675. The minimum atomic E-state index is -0.311. The second kappa shape index (κ2) is 10.3.